The van der Waals surface area contributed by atoms with Crippen molar-refractivity contribution in [2.24, 2.45) is 0 Å². The maximum absolute atomic E-state index is 12.0. The number of benzene rings is 1. The highest BCUT2D eigenvalue weighted by atomic mass is 19.4. The van der Waals surface area contributed by atoms with Crippen LogP contribution in [0.3, 0.4) is 0 Å². The molecule has 0 amide bonds. The number of hydrogen-bond donors (Lipinski definition) is 1. The van der Waals surface area contributed by atoms with Crippen LogP contribution in [0.5, 0.6) is 5.75 Å². The van der Waals surface area contributed by atoms with Crippen molar-refractivity contribution < 1.29 is 42.1 Å². The molecule has 0 bridgehead atoms. The zero-order valence-corrected chi connectivity index (χ0v) is 12.4. The second-order valence-electron chi connectivity index (χ2n) is 4.54. The van der Waals surface area contributed by atoms with E-state index in [1.165, 1.54) is 12.1 Å². The van der Waals surface area contributed by atoms with Crippen LogP contribution in [-0.2, 0) is 25.5 Å². The summed E-state index contributed by atoms with van der Waals surface area (Å²) in [5.74, 6) is -1.82. The first-order valence-corrected chi connectivity index (χ1v) is 6.67. The lowest BCUT2D eigenvalue weighted by atomic mass is 10.1. The third-order valence-corrected chi connectivity index (χ3v) is 2.53. The van der Waals surface area contributed by atoms with Crippen LogP contribution >= 0.6 is 0 Å². The maximum atomic E-state index is 12.0. The first kappa shape index (κ1) is 19.5. The molecule has 0 saturated carbocycles. The lowest BCUT2D eigenvalue weighted by Gasteiger charge is -2.11. The van der Waals surface area contributed by atoms with Gasteiger partial charge in [-0.15, -0.1) is 13.2 Å². The number of rotatable bonds is 8. The van der Waals surface area contributed by atoms with Gasteiger partial charge < -0.3 is 19.3 Å². The smallest absolute Gasteiger partial charge is 0.463 e. The summed E-state index contributed by atoms with van der Waals surface area (Å²) in [4.78, 5) is 22.3. The largest absolute Gasteiger partial charge is 0.573 e. The summed E-state index contributed by atoms with van der Waals surface area (Å²) in [6.07, 6.45) is -5.26. The molecular weight excluding hydrogens is 333 g/mol. The first-order chi connectivity index (χ1) is 11.2. The number of carbonyl (C=O) groups is 2. The fourth-order valence-electron chi connectivity index (χ4n) is 1.50. The van der Waals surface area contributed by atoms with Crippen molar-refractivity contribution in [1.82, 2.24) is 0 Å². The summed E-state index contributed by atoms with van der Waals surface area (Å²) in [5.41, 5.74) is 0.405. The Bertz CT molecular complexity index is 568. The number of carbonyl (C=O) groups excluding carboxylic acids is 2. The van der Waals surface area contributed by atoms with E-state index in [9.17, 15) is 27.9 Å². The van der Waals surface area contributed by atoms with E-state index in [0.29, 0.717) is 5.56 Å². The summed E-state index contributed by atoms with van der Waals surface area (Å²) < 4.78 is 49.0. The van der Waals surface area contributed by atoms with Crippen molar-refractivity contribution in [2.45, 2.75) is 18.9 Å². The molecule has 0 aliphatic rings. The molecule has 1 aromatic carbocycles. The lowest BCUT2D eigenvalue weighted by molar-refractivity contribution is -0.274. The molecule has 0 aliphatic heterocycles. The molecule has 1 unspecified atom stereocenters. The van der Waals surface area contributed by atoms with E-state index in [1.54, 1.807) is 0 Å². The van der Waals surface area contributed by atoms with Crippen molar-refractivity contribution in [2.75, 3.05) is 13.2 Å². The minimum Gasteiger partial charge on any atom is -0.463 e. The van der Waals surface area contributed by atoms with Crippen LogP contribution in [0, 0.1) is 0 Å². The van der Waals surface area contributed by atoms with Crippen LogP contribution in [0.4, 0.5) is 13.2 Å². The molecule has 0 aromatic heterocycles. The van der Waals surface area contributed by atoms with Crippen LogP contribution in [0.1, 0.15) is 5.56 Å². The molecule has 1 N–H and O–H groups in total. The van der Waals surface area contributed by atoms with Gasteiger partial charge in [-0.2, -0.15) is 0 Å². The van der Waals surface area contributed by atoms with Gasteiger partial charge in [-0.1, -0.05) is 18.7 Å². The fraction of sp³-hybridized carbons (Fsp3) is 0.333. The van der Waals surface area contributed by atoms with Gasteiger partial charge in [0.25, 0.3) is 0 Å². The lowest BCUT2D eigenvalue weighted by Crippen LogP contribution is -2.25. The van der Waals surface area contributed by atoms with Crippen LogP contribution in [-0.4, -0.2) is 42.7 Å². The van der Waals surface area contributed by atoms with E-state index in [1.807, 2.05) is 0 Å². The Hall–Kier alpha value is -2.55. The van der Waals surface area contributed by atoms with Crippen molar-refractivity contribution in [3.05, 3.63) is 42.5 Å². The topological polar surface area (TPSA) is 82.1 Å². The third kappa shape index (κ3) is 8.18. The quantitative estimate of drug-likeness (QED) is 0.569. The maximum Gasteiger partial charge on any atom is 0.573 e. The Morgan fingerprint density at radius 2 is 1.75 bits per heavy atom. The molecule has 1 aromatic rings. The SMILES string of the molecule is C=CC(=O)OCC(O)COC(=O)Cc1ccc(OC(F)(F)F)cc1. The average molecular weight is 348 g/mol. The minimum absolute atomic E-state index is 0.203. The van der Waals surface area contributed by atoms with Gasteiger partial charge in [0, 0.05) is 6.08 Å². The molecule has 0 fully saturated rings. The van der Waals surface area contributed by atoms with Crippen molar-refractivity contribution in [3.63, 3.8) is 0 Å². The molecule has 0 saturated heterocycles. The molecule has 0 spiro atoms. The molecule has 0 radical (unpaired) electrons. The standard InChI is InChI=1S/C15H15F3O6/c1-2-13(20)22-8-11(19)9-23-14(21)7-10-3-5-12(6-4-10)24-15(16,17)18/h2-6,11,19H,1,7-9H2. The fourth-order valence-corrected chi connectivity index (χ4v) is 1.50. The van der Waals surface area contributed by atoms with E-state index in [4.69, 9.17) is 4.74 Å². The van der Waals surface area contributed by atoms with E-state index in [-0.39, 0.29) is 13.0 Å². The zero-order chi connectivity index (χ0) is 18.2. The van der Waals surface area contributed by atoms with Gasteiger partial charge in [-0.05, 0) is 17.7 Å². The van der Waals surface area contributed by atoms with E-state index < -0.39 is 36.8 Å². The van der Waals surface area contributed by atoms with Gasteiger partial charge in [0.1, 0.15) is 25.1 Å². The van der Waals surface area contributed by atoms with Crippen molar-refractivity contribution in [3.8, 4) is 5.75 Å². The third-order valence-electron chi connectivity index (χ3n) is 2.53. The Morgan fingerprint density at radius 1 is 1.17 bits per heavy atom. The Balaban J connectivity index is 2.37. The van der Waals surface area contributed by atoms with Crippen LogP contribution in [0.25, 0.3) is 0 Å². The highest BCUT2D eigenvalue weighted by molar-refractivity contribution is 5.81. The van der Waals surface area contributed by atoms with Gasteiger partial charge in [-0.3, -0.25) is 4.79 Å². The first-order valence-electron chi connectivity index (χ1n) is 6.67. The number of aliphatic hydroxyl groups is 1. The number of aliphatic hydroxyl groups excluding tert-OH is 1. The Labute approximate surface area is 135 Å². The summed E-state index contributed by atoms with van der Waals surface area (Å²) in [5, 5.41) is 9.44. The molecule has 9 heteroatoms. The van der Waals surface area contributed by atoms with Crippen LogP contribution in [0.2, 0.25) is 0 Å². The van der Waals surface area contributed by atoms with E-state index in [2.05, 4.69) is 16.1 Å². The van der Waals surface area contributed by atoms with Gasteiger partial charge in [0.2, 0.25) is 0 Å². The Kier molecular flexibility index (Phi) is 7.25. The molecule has 0 heterocycles. The number of ether oxygens (including phenoxy) is 3. The predicted molar refractivity (Wildman–Crippen MR) is 75.0 cm³/mol. The number of halogens is 3. The summed E-state index contributed by atoms with van der Waals surface area (Å²) >= 11 is 0. The van der Waals surface area contributed by atoms with Gasteiger partial charge in [0.05, 0.1) is 6.42 Å². The molecule has 132 valence electrons. The van der Waals surface area contributed by atoms with Crippen LogP contribution in [0.15, 0.2) is 36.9 Å². The molecule has 24 heavy (non-hydrogen) atoms. The molecule has 0 aliphatic carbocycles. The number of hydrogen-bond acceptors (Lipinski definition) is 6. The van der Waals surface area contributed by atoms with E-state index in [0.717, 1.165) is 18.2 Å². The second kappa shape index (κ2) is 8.92. The van der Waals surface area contributed by atoms with E-state index >= 15 is 0 Å². The zero-order valence-electron chi connectivity index (χ0n) is 12.4. The predicted octanol–water partition coefficient (Wildman–Crippen LogP) is 1.76. The number of esters is 2. The molecule has 1 rings (SSSR count). The number of alkyl halides is 3. The van der Waals surface area contributed by atoms with Crippen molar-refractivity contribution >= 4 is 11.9 Å². The average Bonchev–Trinajstić information content (AvgIpc) is 2.51. The molecule has 1 atom stereocenters. The molecular formula is C15H15F3O6. The normalized spacial score (nSPS) is 12.2. The van der Waals surface area contributed by atoms with Crippen molar-refractivity contribution in [1.29, 1.82) is 0 Å². The second-order valence-corrected chi connectivity index (χ2v) is 4.54. The summed E-state index contributed by atoms with van der Waals surface area (Å²) in [6, 6.07) is 4.70. The molecule has 6 nitrogen and oxygen atoms in total. The highest BCUT2D eigenvalue weighted by Gasteiger charge is 2.30. The monoisotopic (exact) mass is 348 g/mol. The summed E-state index contributed by atoms with van der Waals surface area (Å²) in [6.45, 7) is 2.42. The highest BCUT2D eigenvalue weighted by Crippen LogP contribution is 2.22. The van der Waals surface area contributed by atoms with Gasteiger partial charge >= 0.3 is 18.3 Å². The van der Waals surface area contributed by atoms with Gasteiger partial charge in [-0.25, -0.2) is 4.79 Å². The Morgan fingerprint density at radius 3 is 2.29 bits per heavy atom. The van der Waals surface area contributed by atoms with Crippen LogP contribution < -0.4 is 4.74 Å². The minimum atomic E-state index is -4.79. The van der Waals surface area contributed by atoms with Gasteiger partial charge in [0.15, 0.2) is 0 Å². The summed E-state index contributed by atoms with van der Waals surface area (Å²) in [7, 11) is 0.